The highest BCUT2D eigenvalue weighted by Crippen LogP contribution is 2.33. The van der Waals surface area contributed by atoms with E-state index in [1.54, 1.807) is 4.68 Å². The fraction of sp³-hybridized carbons (Fsp3) is 0.100. The zero-order valence-corrected chi connectivity index (χ0v) is 15.7. The predicted molar refractivity (Wildman–Crippen MR) is 108 cm³/mol. The summed E-state index contributed by atoms with van der Waals surface area (Å²) in [5.74, 6) is 0.588. The molecule has 0 aliphatic carbocycles. The minimum Gasteiger partial charge on any atom is -0.439 e. The molecule has 0 bridgehead atoms. The lowest BCUT2D eigenvalue weighted by Gasteiger charge is -2.07. The maximum Gasteiger partial charge on any atom is 0.262 e. The second-order valence-corrected chi connectivity index (χ2v) is 7.61. The Bertz CT molecular complexity index is 1310. The van der Waals surface area contributed by atoms with Gasteiger partial charge < -0.3 is 9.40 Å². The van der Waals surface area contributed by atoms with Gasteiger partial charge in [-0.05, 0) is 31.2 Å². The fourth-order valence-corrected chi connectivity index (χ4v) is 3.82. The SMILES string of the molecule is CC(Sc1nc2c(cnn2-c2ccccc2)c(=O)[nH]1)c1nc2ccccc2o1. The quantitative estimate of drug-likeness (QED) is 0.368. The van der Waals surface area contributed by atoms with Crippen molar-refractivity contribution >= 4 is 33.9 Å². The number of aromatic amines is 1. The number of fused-ring (bicyclic) bond motifs is 2. The van der Waals surface area contributed by atoms with Crippen molar-refractivity contribution < 1.29 is 4.42 Å². The summed E-state index contributed by atoms with van der Waals surface area (Å²) in [6, 6.07) is 17.2. The Morgan fingerprint density at radius 3 is 2.68 bits per heavy atom. The Kier molecular flexibility index (Phi) is 3.98. The van der Waals surface area contributed by atoms with Gasteiger partial charge >= 0.3 is 0 Å². The van der Waals surface area contributed by atoms with Crippen LogP contribution in [-0.4, -0.2) is 24.7 Å². The molecular formula is C20H15N5O2S. The van der Waals surface area contributed by atoms with Crippen molar-refractivity contribution in [2.24, 2.45) is 0 Å². The first kappa shape index (κ1) is 16.8. The van der Waals surface area contributed by atoms with Crippen molar-refractivity contribution in [3.05, 3.63) is 77.0 Å². The third-order valence-corrected chi connectivity index (χ3v) is 5.34. The molecule has 1 unspecified atom stereocenters. The number of benzene rings is 2. The Morgan fingerprint density at radius 1 is 1.07 bits per heavy atom. The second kappa shape index (κ2) is 6.65. The van der Waals surface area contributed by atoms with Crippen molar-refractivity contribution in [3.63, 3.8) is 0 Å². The number of aromatic nitrogens is 5. The summed E-state index contributed by atoms with van der Waals surface area (Å²) >= 11 is 1.38. The molecule has 0 fully saturated rings. The van der Waals surface area contributed by atoms with E-state index >= 15 is 0 Å². The zero-order valence-electron chi connectivity index (χ0n) is 14.9. The van der Waals surface area contributed by atoms with Gasteiger partial charge in [0.15, 0.2) is 16.4 Å². The number of hydrogen-bond donors (Lipinski definition) is 1. The molecule has 0 radical (unpaired) electrons. The average Bonchev–Trinajstić information content (AvgIpc) is 3.33. The lowest BCUT2D eigenvalue weighted by molar-refractivity contribution is 0.533. The van der Waals surface area contributed by atoms with Crippen LogP contribution in [0.4, 0.5) is 0 Å². The molecule has 0 amide bonds. The van der Waals surface area contributed by atoms with Gasteiger partial charge in [0.1, 0.15) is 10.9 Å². The van der Waals surface area contributed by atoms with E-state index < -0.39 is 0 Å². The van der Waals surface area contributed by atoms with Gasteiger partial charge in [-0.2, -0.15) is 5.10 Å². The van der Waals surface area contributed by atoms with Crippen LogP contribution in [0.5, 0.6) is 0 Å². The van der Waals surface area contributed by atoms with Crippen LogP contribution in [-0.2, 0) is 0 Å². The summed E-state index contributed by atoms with van der Waals surface area (Å²) < 4.78 is 7.49. The summed E-state index contributed by atoms with van der Waals surface area (Å²) in [6.45, 7) is 1.97. The second-order valence-electron chi connectivity index (χ2n) is 6.28. The van der Waals surface area contributed by atoms with E-state index in [0.29, 0.717) is 22.1 Å². The van der Waals surface area contributed by atoms with Gasteiger partial charge in [-0.25, -0.2) is 14.6 Å². The molecule has 0 aliphatic rings. The molecule has 3 heterocycles. The number of nitrogens with zero attached hydrogens (tertiary/aromatic N) is 4. The third-order valence-electron chi connectivity index (χ3n) is 4.36. The number of thioether (sulfide) groups is 1. The minimum absolute atomic E-state index is 0.124. The van der Waals surface area contributed by atoms with Crippen molar-refractivity contribution in [2.45, 2.75) is 17.3 Å². The molecule has 2 aromatic carbocycles. The predicted octanol–water partition coefficient (Wildman–Crippen LogP) is 4.10. The van der Waals surface area contributed by atoms with Gasteiger partial charge in [0.25, 0.3) is 5.56 Å². The highest BCUT2D eigenvalue weighted by molar-refractivity contribution is 7.99. The Hall–Kier alpha value is -3.39. The van der Waals surface area contributed by atoms with E-state index in [1.165, 1.54) is 18.0 Å². The molecule has 0 saturated carbocycles. The third kappa shape index (κ3) is 2.87. The van der Waals surface area contributed by atoms with E-state index in [4.69, 9.17) is 4.42 Å². The highest BCUT2D eigenvalue weighted by Gasteiger charge is 2.18. The van der Waals surface area contributed by atoms with Gasteiger partial charge in [-0.15, -0.1) is 0 Å². The highest BCUT2D eigenvalue weighted by atomic mass is 32.2. The van der Waals surface area contributed by atoms with E-state index in [9.17, 15) is 4.79 Å². The normalized spacial score (nSPS) is 12.6. The molecule has 28 heavy (non-hydrogen) atoms. The van der Waals surface area contributed by atoms with Gasteiger partial charge in [0, 0.05) is 0 Å². The molecule has 1 N–H and O–H groups in total. The van der Waals surface area contributed by atoms with Gasteiger partial charge in [-0.1, -0.05) is 42.1 Å². The molecule has 7 nitrogen and oxygen atoms in total. The number of hydrogen-bond acceptors (Lipinski definition) is 6. The monoisotopic (exact) mass is 389 g/mol. The van der Waals surface area contributed by atoms with Crippen LogP contribution in [0.2, 0.25) is 0 Å². The largest absolute Gasteiger partial charge is 0.439 e. The van der Waals surface area contributed by atoms with Crippen LogP contribution in [0.25, 0.3) is 27.8 Å². The first-order valence-corrected chi connectivity index (χ1v) is 9.62. The van der Waals surface area contributed by atoms with Crippen LogP contribution in [0.15, 0.2) is 75.2 Å². The summed E-state index contributed by atoms with van der Waals surface area (Å²) in [5, 5.41) is 5.14. The van der Waals surface area contributed by atoms with E-state index in [-0.39, 0.29) is 10.8 Å². The number of oxazole rings is 1. The fourth-order valence-electron chi connectivity index (χ4n) is 2.99. The molecule has 3 aromatic heterocycles. The van der Waals surface area contributed by atoms with Crippen LogP contribution in [0, 0.1) is 0 Å². The van der Waals surface area contributed by atoms with E-state index in [0.717, 1.165) is 16.8 Å². The Balaban J connectivity index is 1.53. The van der Waals surface area contributed by atoms with Crippen molar-refractivity contribution in [3.8, 4) is 5.69 Å². The maximum atomic E-state index is 12.5. The maximum absolute atomic E-state index is 12.5. The summed E-state index contributed by atoms with van der Waals surface area (Å²) in [7, 11) is 0. The van der Waals surface area contributed by atoms with E-state index in [1.807, 2.05) is 61.5 Å². The molecular weight excluding hydrogens is 374 g/mol. The van der Waals surface area contributed by atoms with Crippen LogP contribution in [0.3, 0.4) is 0 Å². The average molecular weight is 389 g/mol. The molecule has 1 atom stereocenters. The molecule has 5 rings (SSSR count). The zero-order chi connectivity index (χ0) is 19.1. The molecule has 0 saturated heterocycles. The Labute approximate surface area is 163 Å². The standard InChI is InChI=1S/C20H15N5O2S/c1-12(19-22-15-9-5-6-10-16(15)27-19)28-20-23-17-14(18(26)24-20)11-21-25(17)13-7-3-2-4-8-13/h2-12H,1H3,(H,23,24,26). The molecule has 5 aromatic rings. The number of nitrogens with one attached hydrogen (secondary N) is 1. The molecule has 8 heteroatoms. The minimum atomic E-state index is -0.223. The van der Waals surface area contributed by atoms with Crippen molar-refractivity contribution in [1.82, 2.24) is 24.7 Å². The summed E-state index contributed by atoms with van der Waals surface area (Å²) in [5.41, 5.74) is 2.69. The smallest absolute Gasteiger partial charge is 0.262 e. The first-order valence-electron chi connectivity index (χ1n) is 8.74. The van der Waals surface area contributed by atoms with Crippen LogP contribution < -0.4 is 5.56 Å². The van der Waals surface area contributed by atoms with Crippen LogP contribution >= 0.6 is 11.8 Å². The van der Waals surface area contributed by atoms with Crippen molar-refractivity contribution in [2.75, 3.05) is 0 Å². The van der Waals surface area contributed by atoms with E-state index in [2.05, 4.69) is 20.1 Å². The summed E-state index contributed by atoms with van der Waals surface area (Å²) in [6.07, 6.45) is 1.53. The van der Waals surface area contributed by atoms with Crippen molar-refractivity contribution in [1.29, 1.82) is 0 Å². The summed E-state index contributed by atoms with van der Waals surface area (Å²) in [4.78, 5) is 24.5. The molecule has 138 valence electrons. The topological polar surface area (TPSA) is 89.6 Å². The lowest BCUT2D eigenvalue weighted by atomic mass is 10.3. The Morgan fingerprint density at radius 2 is 1.86 bits per heavy atom. The number of H-pyrrole nitrogens is 1. The number of para-hydroxylation sites is 3. The molecule has 0 spiro atoms. The van der Waals surface area contributed by atoms with Crippen LogP contribution in [0.1, 0.15) is 18.1 Å². The number of rotatable bonds is 4. The first-order chi connectivity index (χ1) is 13.7. The molecule has 0 aliphatic heterocycles. The lowest BCUT2D eigenvalue weighted by Crippen LogP contribution is -2.10. The van der Waals surface area contributed by atoms with Gasteiger partial charge in [0.2, 0.25) is 5.89 Å². The van der Waals surface area contributed by atoms with Gasteiger partial charge in [0.05, 0.1) is 17.1 Å². The van der Waals surface area contributed by atoms with Gasteiger partial charge in [-0.3, -0.25) is 4.79 Å².